The zero-order valence-corrected chi connectivity index (χ0v) is 14.9. The van der Waals surface area contributed by atoms with Crippen LogP contribution in [0.5, 0.6) is 5.75 Å². The van der Waals surface area contributed by atoms with Gasteiger partial charge in [-0.25, -0.2) is 0 Å². The maximum atomic E-state index is 5.46. The smallest absolute Gasteiger partial charge is 0.243 e. The molecule has 1 aromatic carbocycles. The van der Waals surface area contributed by atoms with Crippen molar-refractivity contribution in [1.82, 2.24) is 15.0 Å². The van der Waals surface area contributed by atoms with Crippen molar-refractivity contribution in [2.24, 2.45) is 0 Å². The number of benzene rings is 1. The molecule has 0 saturated heterocycles. The van der Waals surface area contributed by atoms with Crippen molar-refractivity contribution in [2.45, 2.75) is 43.2 Å². The summed E-state index contributed by atoms with van der Waals surface area (Å²) in [4.78, 5) is 7.91. The van der Waals surface area contributed by atoms with Crippen LogP contribution in [-0.4, -0.2) is 35.5 Å². The van der Waals surface area contributed by atoms with Gasteiger partial charge in [0.05, 0.1) is 13.2 Å². The molecule has 2 aromatic rings. The van der Waals surface area contributed by atoms with Crippen LogP contribution in [0.1, 0.15) is 49.0 Å². The van der Waals surface area contributed by atoms with Gasteiger partial charge < -0.3 is 9.26 Å². The summed E-state index contributed by atoms with van der Waals surface area (Å²) < 4.78 is 10.9. The molecule has 0 aliphatic heterocycles. The molecule has 1 unspecified atom stereocenters. The summed E-state index contributed by atoms with van der Waals surface area (Å²) in [6, 6.07) is 6.43. The van der Waals surface area contributed by atoms with Crippen molar-refractivity contribution in [3.8, 4) is 5.75 Å². The summed E-state index contributed by atoms with van der Waals surface area (Å²) >= 11 is 1.69. The summed E-state index contributed by atoms with van der Waals surface area (Å²) in [5, 5.41) is 4.10. The molecule has 0 spiro atoms. The van der Waals surface area contributed by atoms with Gasteiger partial charge in [-0.3, -0.25) is 4.90 Å². The molecule has 23 heavy (non-hydrogen) atoms. The minimum absolute atomic E-state index is 0.0845. The van der Waals surface area contributed by atoms with Gasteiger partial charge in [-0.05, 0) is 50.8 Å². The van der Waals surface area contributed by atoms with Crippen molar-refractivity contribution in [2.75, 3.05) is 20.4 Å². The van der Waals surface area contributed by atoms with Gasteiger partial charge in [-0.15, -0.1) is 11.8 Å². The van der Waals surface area contributed by atoms with Crippen molar-refractivity contribution in [3.63, 3.8) is 0 Å². The van der Waals surface area contributed by atoms with E-state index in [-0.39, 0.29) is 6.04 Å². The molecule has 0 N–H and O–H groups in total. The fraction of sp³-hybridized carbons (Fsp3) is 0.529. The van der Waals surface area contributed by atoms with Crippen LogP contribution >= 0.6 is 11.8 Å². The maximum absolute atomic E-state index is 5.46. The zero-order chi connectivity index (χ0) is 16.4. The van der Waals surface area contributed by atoms with Crippen LogP contribution < -0.4 is 4.74 Å². The van der Waals surface area contributed by atoms with E-state index >= 15 is 0 Å². The molecule has 1 aromatic heterocycles. The topological polar surface area (TPSA) is 51.4 Å². The first kappa shape index (κ1) is 16.3. The van der Waals surface area contributed by atoms with Crippen molar-refractivity contribution < 1.29 is 9.26 Å². The predicted molar refractivity (Wildman–Crippen MR) is 90.9 cm³/mol. The molecule has 1 atom stereocenters. The molecule has 0 radical (unpaired) electrons. The van der Waals surface area contributed by atoms with E-state index in [1.807, 2.05) is 0 Å². The minimum atomic E-state index is 0.0845. The number of ether oxygens (including phenoxy) is 1. The van der Waals surface area contributed by atoms with Crippen LogP contribution in [0.2, 0.25) is 0 Å². The fourth-order valence-electron chi connectivity index (χ4n) is 2.52. The van der Waals surface area contributed by atoms with E-state index in [1.165, 1.54) is 18.4 Å². The van der Waals surface area contributed by atoms with Crippen molar-refractivity contribution >= 4 is 11.8 Å². The summed E-state index contributed by atoms with van der Waals surface area (Å²) in [6.07, 6.45) is 4.42. The zero-order valence-electron chi connectivity index (χ0n) is 14.1. The second-order valence-corrected chi connectivity index (χ2v) is 6.89. The number of aromatic nitrogens is 2. The molecule has 1 saturated carbocycles. The summed E-state index contributed by atoms with van der Waals surface area (Å²) in [7, 11) is 3.78. The van der Waals surface area contributed by atoms with E-state index < -0.39 is 0 Å². The molecule has 0 bridgehead atoms. The van der Waals surface area contributed by atoms with Crippen LogP contribution in [0.15, 0.2) is 27.6 Å². The standard InChI is InChI=1S/C17H23N3O2S/c1-11(17-18-16(19-22-17)13-6-7-13)20(2)10-12-5-8-15(23-4)14(9-12)21-3/h5,8-9,11,13H,6-7,10H2,1-4H3. The monoisotopic (exact) mass is 333 g/mol. The Hall–Kier alpha value is -1.53. The molecule has 1 fully saturated rings. The van der Waals surface area contributed by atoms with Gasteiger partial charge in [0.25, 0.3) is 0 Å². The van der Waals surface area contributed by atoms with Gasteiger partial charge >= 0.3 is 0 Å². The lowest BCUT2D eigenvalue weighted by molar-refractivity contribution is 0.202. The first-order valence-corrected chi connectivity index (χ1v) is 9.09. The van der Waals surface area contributed by atoms with E-state index in [4.69, 9.17) is 9.26 Å². The fourth-order valence-corrected chi connectivity index (χ4v) is 3.06. The number of rotatable bonds is 7. The Morgan fingerprint density at radius 2 is 2.22 bits per heavy atom. The number of nitrogens with zero attached hydrogens (tertiary/aromatic N) is 3. The summed E-state index contributed by atoms with van der Waals surface area (Å²) in [6.45, 7) is 2.89. The van der Waals surface area contributed by atoms with Gasteiger partial charge in [-0.2, -0.15) is 4.98 Å². The second kappa shape index (κ2) is 6.93. The molecule has 0 amide bonds. The van der Waals surface area contributed by atoms with E-state index in [0.29, 0.717) is 11.8 Å². The first-order chi connectivity index (χ1) is 11.1. The van der Waals surface area contributed by atoms with E-state index in [2.05, 4.69) is 53.5 Å². The third-order valence-electron chi connectivity index (χ3n) is 4.30. The minimum Gasteiger partial charge on any atom is -0.496 e. The Bertz CT molecular complexity index is 670. The molecular weight excluding hydrogens is 310 g/mol. The lowest BCUT2D eigenvalue weighted by Gasteiger charge is -2.22. The number of hydrogen-bond acceptors (Lipinski definition) is 6. The number of hydrogen-bond donors (Lipinski definition) is 0. The summed E-state index contributed by atoms with van der Waals surface area (Å²) in [5.74, 6) is 3.01. The summed E-state index contributed by atoms with van der Waals surface area (Å²) in [5.41, 5.74) is 1.20. The lowest BCUT2D eigenvalue weighted by atomic mass is 10.2. The van der Waals surface area contributed by atoms with Gasteiger partial charge in [0, 0.05) is 17.4 Å². The Balaban J connectivity index is 1.68. The normalized spacial score (nSPS) is 15.9. The largest absolute Gasteiger partial charge is 0.496 e. The van der Waals surface area contributed by atoms with Gasteiger partial charge in [0.15, 0.2) is 5.82 Å². The lowest BCUT2D eigenvalue weighted by Crippen LogP contribution is -2.22. The highest BCUT2D eigenvalue weighted by atomic mass is 32.2. The molecule has 1 heterocycles. The number of methoxy groups -OCH3 is 1. The molecule has 1 aliphatic rings. The molecule has 1 aliphatic carbocycles. The molecule has 3 rings (SSSR count). The van der Waals surface area contributed by atoms with E-state index in [0.717, 1.165) is 23.0 Å². The van der Waals surface area contributed by atoms with Gasteiger partial charge in [0.1, 0.15) is 5.75 Å². The van der Waals surface area contributed by atoms with Gasteiger partial charge in [-0.1, -0.05) is 11.2 Å². The highest BCUT2D eigenvalue weighted by molar-refractivity contribution is 7.98. The molecule has 6 heteroatoms. The Labute approximate surface area is 141 Å². The molecule has 5 nitrogen and oxygen atoms in total. The van der Waals surface area contributed by atoms with Gasteiger partial charge in [0.2, 0.25) is 5.89 Å². The Morgan fingerprint density at radius 1 is 1.43 bits per heavy atom. The SMILES string of the molecule is COc1cc(CN(C)C(C)c2nc(C3CC3)no2)ccc1SC. The van der Waals surface area contributed by atoms with Crippen molar-refractivity contribution in [1.29, 1.82) is 0 Å². The second-order valence-electron chi connectivity index (χ2n) is 6.05. The highest BCUT2D eigenvalue weighted by Crippen LogP contribution is 2.38. The first-order valence-electron chi connectivity index (χ1n) is 7.87. The Kier molecular flexibility index (Phi) is 4.92. The van der Waals surface area contributed by atoms with Crippen LogP contribution in [0.25, 0.3) is 0 Å². The number of thioether (sulfide) groups is 1. The van der Waals surface area contributed by atoms with Crippen LogP contribution in [0, 0.1) is 0 Å². The van der Waals surface area contributed by atoms with Crippen molar-refractivity contribution in [3.05, 3.63) is 35.5 Å². The molecular formula is C17H23N3O2S. The third kappa shape index (κ3) is 3.70. The average molecular weight is 333 g/mol. The van der Waals surface area contributed by atoms with E-state index in [1.54, 1.807) is 18.9 Å². The Morgan fingerprint density at radius 3 is 2.87 bits per heavy atom. The quantitative estimate of drug-likeness (QED) is 0.717. The predicted octanol–water partition coefficient (Wildman–Crippen LogP) is 3.87. The van der Waals surface area contributed by atoms with Crippen LogP contribution in [-0.2, 0) is 6.54 Å². The highest BCUT2D eigenvalue weighted by Gasteiger charge is 2.30. The van der Waals surface area contributed by atoms with Crippen LogP contribution in [0.3, 0.4) is 0 Å². The van der Waals surface area contributed by atoms with Crippen LogP contribution in [0.4, 0.5) is 0 Å². The van der Waals surface area contributed by atoms with E-state index in [9.17, 15) is 0 Å². The maximum Gasteiger partial charge on any atom is 0.243 e. The average Bonchev–Trinajstić information content (AvgIpc) is 3.31. The molecule has 124 valence electrons. The third-order valence-corrected chi connectivity index (χ3v) is 5.08.